The van der Waals surface area contributed by atoms with Crippen molar-refractivity contribution in [2.24, 2.45) is 11.3 Å². The summed E-state index contributed by atoms with van der Waals surface area (Å²) in [5.74, 6) is -2.86. The number of hydroxylamine groups is 2. The first kappa shape index (κ1) is 18.6. The summed E-state index contributed by atoms with van der Waals surface area (Å²) in [5.41, 5.74) is -0.330. The van der Waals surface area contributed by atoms with Gasteiger partial charge in [0.15, 0.2) is 0 Å². The highest BCUT2D eigenvalue weighted by molar-refractivity contribution is 6.20. The average molecular weight is 346 g/mol. The summed E-state index contributed by atoms with van der Waals surface area (Å²) in [7, 11) is 0. The minimum atomic E-state index is -0.976. The van der Waals surface area contributed by atoms with E-state index in [1.807, 2.05) is 0 Å². The number of fused-ring (bicyclic) bond motifs is 1. The fourth-order valence-corrected chi connectivity index (χ4v) is 2.25. The van der Waals surface area contributed by atoms with Crippen LogP contribution in [0.5, 0.6) is 0 Å². The standard InChI is InChI=1S/C18H22N2O5/c1-10(2)13(19-17(24)18(3,4)5)16(23)25-20-14(21)11-8-6-7-9-12(11)15(20)22/h6-10,13H,1-5H3,(H,19,24). The molecule has 1 aliphatic heterocycles. The summed E-state index contributed by atoms with van der Waals surface area (Å²) >= 11 is 0. The van der Waals surface area contributed by atoms with E-state index in [-0.39, 0.29) is 23.0 Å². The molecule has 0 bridgehead atoms. The predicted molar refractivity (Wildman–Crippen MR) is 89.3 cm³/mol. The molecule has 0 fully saturated rings. The van der Waals surface area contributed by atoms with Gasteiger partial charge in [0, 0.05) is 5.41 Å². The highest BCUT2D eigenvalue weighted by Gasteiger charge is 2.40. The van der Waals surface area contributed by atoms with Gasteiger partial charge in [0.1, 0.15) is 6.04 Å². The van der Waals surface area contributed by atoms with E-state index in [0.717, 1.165) is 0 Å². The number of amides is 3. The van der Waals surface area contributed by atoms with E-state index in [1.165, 1.54) is 12.1 Å². The Hall–Kier alpha value is -2.70. The number of hydrogen-bond acceptors (Lipinski definition) is 5. The maximum absolute atomic E-state index is 12.5. The quantitative estimate of drug-likeness (QED) is 0.841. The number of hydrogen-bond donors (Lipinski definition) is 1. The maximum Gasteiger partial charge on any atom is 0.355 e. The Bertz CT molecular complexity index is 698. The summed E-state index contributed by atoms with van der Waals surface area (Å²) in [6.07, 6.45) is 0. The number of carbonyl (C=O) groups excluding carboxylic acids is 4. The highest BCUT2D eigenvalue weighted by Crippen LogP contribution is 2.23. The van der Waals surface area contributed by atoms with Crippen molar-refractivity contribution >= 4 is 23.7 Å². The normalized spacial score (nSPS) is 15.2. The molecular weight excluding hydrogens is 324 g/mol. The third-order valence-electron chi connectivity index (χ3n) is 3.83. The molecule has 1 aromatic carbocycles. The monoisotopic (exact) mass is 346 g/mol. The molecule has 1 heterocycles. The van der Waals surface area contributed by atoms with Gasteiger partial charge in [-0.05, 0) is 18.1 Å². The molecular formula is C18H22N2O5. The number of benzene rings is 1. The van der Waals surface area contributed by atoms with Crippen LogP contribution in [-0.4, -0.2) is 34.8 Å². The van der Waals surface area contributed by atoms with Gasteiger partial charge in [0.2, 0.25) is 5.91 Å². The van der Waals surface area contributed by atoms with Crippen molar-refractivity contribution in [3.63, 3.8) is 0 Å². The fraction of sp³-hybridized carbons (Fsp3) is 0.444. The molecule has 2 rings (SSSR count). The number of rotatable bonds is 4. The molecule has 0 radical (unpaired) electrons. The van der Waals surface area contributed by atoms with Crippen LogP contribution in [0, 0.1) is 11.3 Å². The summed E-state index contributed by atoms with van der Waals surface area (Å²) in [6, 6.07) is 5.25. The van der Waals surface area contributed by atoms with Gasteiger partial charge >= 0.3 is 5.97 Å². The molecule has 1 aromatic rings. The van der Waals surface area contributed by atoms with Crippen molar-refractivity contribution in [2.75, 3.05) is 0 Å². The SMILES string of the molecule is CC(C)C(NC(=O)C(C)(C)C)C(=O)ON1C(=O)c2ccccc2C1=O. The van der Waals surface area contributed by atoms with Crippen molar-refractivity contribution in [1.29, 1.82) is 0 Å². The molecule has 7 heteroatoms. The molecule has 1 aliphatic rings. The van der Waals surface area contributed by atoms with Crippen molar-refractivity contribution in [2.45, 2.75) is 40.7 Å². The molecule has 0 spiro atoms. The number of nitrogens with one attached hydrogen (secondary N) is 1. The van der Waals surface area contributed by atoms with Crippen LogP contribution in [0.4, 0.5) is 0 Å². The van der Waals surface area contributed by atoms with Gasteiger partial charge in [-0.25, -0.2) is 4.79 Å². The number of nitrogens with zero attached hydrogens (tertiary/aromatic N) is 1. The van der Waals surface area contributed by atoms with Crippen LogP contribution < -0.4 is 5.32 Å². The van der Waals surface area contributed by atoms with Gasteiger partial charge < -0.3 is 10.2 Å². The second kappa shape index (κ2) is 6.66. The Labute approximate surface area is 146 Å². The summed E-state index contributed by atoms with van der Waals surface area (Å²) in [4.78, 5) is 54.2. The van der Waals surface area contributed by atoms with Crippen LogP contribution in [0.3, 0.4) is 0 Å². The zero-order valence-electron chi connectivity index (χ0n) is 15.0. The van der Waals surface area contributed by atoms with Crippen LogP contribution in [0.15, 0.2) is 24.3 Å². The Morgan fingerprint density at radius 1 is 1.04 bits per heavy atom. The molecule has 1 N–H and O–H groups in total. The van der Waals surface area contributed by atoms with Crippen LogP contribution in [0.25, 0.3) is 0 Å². The molecule has 0 aromatic heterocycles. The van der Waals surface area contributed by atoms with E-state index in [1.54, 1.807) is 46.8 Å². The van der Waals surface area contributed by atoms with Crippen LogP contribution in [-0.2, 0) is 14.4 Å². The molecule has 134 valence electrons. The predicted octanol–water partition coefficient (Wildman–Crippen LogP) is 1.93. The Balaban J connectivity index is 2.16. The topological polar surface area (TPSA) is 92.8 Å². The lowest BCUT2D eigenvalue weighted by Crippen LogP contribution is -2.51. The molecule has 7 nitrogen and oxygen atoms in total. The van der Waals surface area contributed by atoms with E-state index in [4.69, 9.17) is 4.84 Å². The van der Waals surface area contributed by atoms with E-state index in [2.05, 4.69) is 5.32 Å². The largest absolute Gasteiger partial charge is 0.355 e. The Morgan fingerprint density at radius 3 is 1.92 bits per heavy atom. The third-order valence-corrected chi connectivity index (χ3v) is 3.83. The molecule has 0 saturated heterocycles. The maximum atomic E-state index is 12.5. The molecule has 25 heavy (non-hydrogen) atoms. The molecule has 1 unspecified atom stereocenters. The lowest BCUT2D eigenvalue weighted by molar-refractivity contribution is -0.173. The number of imide groups is 1. The summed E-state index contributed by atoms with van der Waals surface area (Å²) in [6.45, 7) is 8.62. The Morgan fingerprint density at radius 2 is 1.52 bits per heavy atom. The van der Waals surface area contributed by atoms with Crippen molar-refractivity contribution < 1.29 is 24.0 Å². The van der Waals surface area contributed by atoms with Crippen LogP contribution in [0.2, 0.25) is 0 Å². The van der Waals surface area contributed by atoms with Crippen molar-refractivity contribution in [1.82, 2.24) is 10.4 Å². The molecule has 0 saturated carbocycles. The van der Waals surface area contributed by atoms with Gasteiger partial charge in [-0.3, -0.25) is 14.4 Å². The first-order valence-electron chi connectivity index (χ1n) is 8.04. The van der Waals surface area contributed by atoms with E-state index in [9.17, 15) is 19.2 Å². The first-order valence-corrected chi connectivity index (χ1v) is 8.04. The fourth-order valence-electron chi connectivity index (χ4n) is 2.25. The van der Waals surface area contributed by atoms with Crippen molar-refractivity contribution in [3.05, 3.63) is 35.4 Å². The minimum Gasteiger partial charge on any atom is -0.342 e. The first-order chi connectivity index (χ1) is 11.5. The van der Waals surface area contributed by atoms with Gasteiger partial charge in [0.25, 0.3) is 11.8 Å². The second-order valence-electron chi connectivity index (χ2n) is 7.31. The highest BCUT2D eigenvalue weighted by atomic mass is 16.7. The zero-order valence-corrected chi connectivity index (χ0v) is 15.0. The Kier molecular flexibility index (Phi) is 4.97. The molecule has 1 atom stereocenters. The van der Waals surface area contributed by atoms with Crippen LogP contribution >= 0.6 is 0 Å². The van der Waals surface area contributed by atoms with Crippen LogP contribution in [0.1, 0.15) is 55.3 Å². The third kappa shape index (κ3) is 3.70. The second-order valence-corrected chi connectivity index (χ2v) is 7.31. The van der Waals surface area contributed by atoms with E-state index >= 15 is 0 Å². The van der Waals surface area contributed by atoms with Crippen molar-refractivity contribution in [3.8, 4) is 0 Å². The van der Waals surface area contributed by atoms with Gasteiger partial charge in [-0.1, -0.05) is 51.8 Å². The van der Waals surface area contributed by atoms with Gasteiger partial charge in [-0.2, -0.15) is 0 Å². The van der Waals surface area contributed by atoms with Gasteiger partial charge in [0.05, 0.1) is 11.1 Å². The average Bonchev–Trinajstić information content (AvgIpc) is 2.76. The zero-order chi connectivity index (χ0) is 18.9. The smallest absolute Gasteiger partial charge is 0.342 e. The van der Waals surface area contributed by atoms with E-state index in [0.29, 0.717) is 5.06 Å². The molecule has 0 aliphatic carbocycles. The minimum absolute atomic E-state index is 0.181. The lowest BCUT2D eigenvalue weighted by atomic mass is 9.94. The summed E-state index contributed by atoms with van der Waals surface area (Å²) in [5, 5.41) is 3.07. The van der Waals surface area contributed by atoms with E-state index < -0.39 is 29.2 Å². The summed E-state index contributed by atoms with van der Waals surface area (Å²) < 4.78 is 0. The number of carbonyl (C=O) groups is 4. The lowest BCUT2D eigenvalue weighted by Gasteiger charge is -2.26. The van der Waals surface area contributed by atoms with Gasteiger partial charge in [-0.15, -0.1) is 0 Å². The molecule has 3 amide bonds.